The highest BCUT2D eigenvalue weighted by Gasteiger charge is 2.11. The molecule has 2 N–H and O–H groups in total. The molecule has 0 unspecified atom stereocenters. The number of hydrogen-bond donors (Lipinski definition) is 1. The standard InChI is InChI=1S/C14H11BrN2O2S/c15-12-9-11(14(16)17-10-12)5-4-8-20(18,19)13-6-2-1-3-7-13/h1-3,6-7,9-10H,8H2,(H2,16,17). The highest BCUT2D eigenvalue weighted by molar-refractivity contribution is 9.10. The van der Waals surface area contributed by atoms with Crippen LogP contribution < -0.4 is 5.73 Å². The van der Waals surface area contributed by atoms with E-state index in [9.17, 15) is 8.42 Å². The van der Waals surface area contributed by atoms with Crippen molar-refractivity contribution in [2.45, 2.75) is 4.90 Å². The van der Waals surface area contributed by atoms with Crippen LogP contribution in [-0.4, -0.2) is 19.2 Å². The molecule has 1 heterocycles. The Morgan fingerprint density at radius 2 is 1.95 bits per heavy atom. The lowest BCUT2D eigenvalue weighted by atomic mass is 10.2. The van der Waals surface area contributed by atoms with E-state index in [-0.39, 0.29) is 16.5 Å². The Morgan fingerprint density at radius 1 is 1.25 bits per heavy atom. The fourth-order valence-electron chi connectivity index (χ4n) is 1.49. The number of halogens is 1. The fraction of sp³-hybridized carbons (Fsp3) is 0.0714. The van der Waals surface area contributed by atoms with Crippen molar-refractivity contribution in [3.05, 3.63) is 52.6 Å². The average molecular weight is 351 g/mol. The van der Waals surface area contributed by atoms with Crippen LogP contribution in [-0.2, 0) is 9.84 Å². The molecule has 0 saturated heterocycles. The third kappa shape index (κ3) is 3.59. The Labute approximate surface area is 126 Å². The van der Waals surface area contributed by atoms with E-state index in [1.165, 1.54) is 0 Å². The van der Waals surface area contributed by atoms with Crippen molar-refractivity contribution in [1.29, 1.82) is 0 Å². The Bertz CT molecular complexity index is 778. The Morgan fingerprint density at radius 3 is 2.65 bits per heavy atom. The molecule has 0 bridgehead atoms. The summed E-state index contributed by atoms with van der Waals surface area (Å²) in [6.07, 6.45) is 1.56. The minimum atomic E-state index is -3.40. The second kappa shape index (κ2) is 6.07. The Balaban J connectivity index is 2.21. The fourth-order valence-corrected chi connectivity index (χ4v) is 2.82. The molecular weight excluding hydrogens is 340 g/mol. The van der Waals surface area contributed by atoms with Crippen LogP contribution in [0.2, 0.25) is 0 Å². The Hall–Kier alpha value is -1.84. The van der Waals surface area contributed by atoms with Gasteiger partial charge in [0.2, 0.25) is 0 Å². The summed E-state index contributed by atoms with van der Waals surface area (Å²) in [7, 11) is -3.40. The summed E-state index contributed by atoms with van der Waals surface area (Å²) in [6, 6.07) is 9.91. The first-order valence-corrected chi connectivity index (χ1v) is 8.11. The zero-order valence-corrected chi connectivity index (χ0v) is 12.8. The lowest BCUT2D eigenvalue weighted by molar-refractivity contribution is 0.599. The number of pyridine rings is 1. The van der Waals surface area contributed by atoms with Gasteiger partial charge in [-0.25, -0.2) is 13.4 Å². The number of sulfone groups is 1. The van der Waals surface area contributed by atoms with Gasteiger partial charge in [-0.05, 0) is 34.1 Å². The van der Waals surface area contributed by atoms with Crippen molar-refractivity contribution in [2.24, 2.45) is 0 Å². The average Bonchev–Trinajstić information content (AvgIpc) is 2.43. The van der Waals surface area contributed by atoms with Gasteiger partial charge in [0.15, 0.2) is 9.84 Å². The topological polar surface area (TPSA) is 73.0 Å². The molecule has 0 aliphatic heterocycles. The molecule has 0 aliphatic carbocycles. The van der Waals surface area contributed by atoms with Crippen molar-refractivity contribution >= 4 is 31.6 Å². The number of anilines is 1. The quantitative estimate of drug-likeness (QED) is 0.843. The van der Waals surface area contributed by atoms with Crippen LogP contribution in [0.3, 0.4) is 0 Å². The summed E-state index contributed by atoms with van der Waals surface area (Å²) in [5, 5.41) is 0. The van der Waals surface area contributed by atoms with Crippen LogP contribution in [0.25, 0.3) is 0 Å². The van der Waals surface area contributed by atoms with E-state index >= 15 is 0 Å². The minimum absolute atomic E-state index is 0.259. The predicted molar refractivity (Wildman–Crippen MR) is 81.7 cm³/mol. The molecule has 2 rings (SSSR count). The maximum atomic E-state index is 12.0. The van der Waals surface area contributed by atoms with E-state index in [0.717, 1.165) is 4.47 Å². The first-order valence-electron chi connectivity index (χ1n) is 5.67. The molecule has 2 aromatic rings. The van der Waals surface area contributed by atoms with Gasteiger partial charge >= 0.3 is 0 Å². The van der Waals surface area contributed by atoms with Gasteiger partial charge in [-0.1, -0.05) is 30.0 Å². The van der Waals surface area contributed by atoms with Crippen LogP contribution in [0.15, 0.2) is 52.0 Å². The zero-order chi connectivity index (χ0) is 14.6. The predicted octanol–water partition coefficient (Wildman–Crippen LogP) is 2.25. The third-order valence-corrected chi connectivity index (χ3v) is 4.42. The number of nitrogens with zero attached hydrogens (tertiary/aromatic N) is 1. The van der Waals surface area contributed by atoms with Crippen molar-refractivity contribution in [1.82, 2.24) is 4.98 Å². The molecular formula is C14H11BrN2O2S. The van der Waals surface area contributed by atoms with Crippen LogP contribution >= 0.6 is 15.9 Å². The van der Waals surface area contributed by atoms with Gasteiger partial charge in [-0.2, -0.15) is 0 Å². The van der Waals surface area contributed by atoms with Gasteiger partial charge in [0.1, 0.15) is 11.6 Å². The van der Waals surface area contributed by atoms with Crippen molar-refractivity contribution in [2.75, 3.05) is 11.5 Å². The second-order valence-electron chi connectivity index (χ2n) is 3.96. The van der Waals surface area contributed by atoms with Gasteiger partial charge in [-0.15, -0.1) is 0 Å². The summed E-state index contributed by atoms with van der Waals surface area (Å²) in [5.41, 5.74) is 6.17. The Kier molecular flexibility index (Phi) is 4.42. The van der Waals surface area contributed by atoms with Crippen molar-refractivity contribution in [3.8, 4) is 11.8 Å². The number of hydrogen-bond acceptors (Lipinski definition) is 4. The first-order chi connectivity index (χ1) is 9.49. The van der Waals surface area contributed by atoms with E-state index < -0.39 is 9.84 Å². The maximum absolute atomic E-state index is 12.0. The largest absolute Gasteiger partial charge is 0.383 e. The summed E-state index contributed by atoms with van der Waals surface area (Å²) in [4.78, 5) is 4.19. The van der Waals surface area contributed by atoms with Gasteiger partial charge in [0.05, 0.1) is 10.5 Å². The molecule has 1 aromatic heterocycles. The summed E-state index contributed by atoms with van der Waals surface area (Å²) in [5.74, 6) is 5.38. The zero-order valence-electron chi connectivity index (χ0n) is 10.4. The highest BCUT2D eigenvalue weighted by Crippen LogP contribution is 2.14. The van der Waals surface area contributed by atoms with Gasteiger partial charge in [0, 0.05) is 10.7 Å². The third-order valence-electron chi connectivity index (χ3n) is 2.47. The molecule has 6 heteroatoms. The molecule has 0 fully saturated rings. The summed E-state index contributed by atoms with van der Waals surface area (Å²) in [6.45, 7) is 0. The van der Waals surface area contributed by atoms with Crippen LogP contribution in [0, 0.1) is 11.8 Å². The molecule has 1 aromatic carbocycles. The minimum Gasteiger partial charge on any atom is -0.383 e. The first kappa shape index (κ1) is 14.6. The summed E-state index contributed by atoms with van der Waals surface area (Å²) < 4.78 is 24.8. The van der Waals surface area contributed by atoms with Crippen LogP contribution in [0.4, 0.5) is 5.82 Å². The van der Waals surface area contributed by atoms with Crippen LogP contribution in [0.5, 0.6) is 0 Å². The molecule has 0 radical (unpaired) electrons. The smallest absolute Gasteiger partial charge is 0.189 e. The second-order valence-corrected chi connectivity index (χ2v) is 6.87. The molecule has 0 saturated carbocycles. The number of rotatable bonds is 2. The number of benzene rings is 1. The molecule has 0 aliphatic rings. The maximum Gasteiger partial charge on any atom is 0.189 e. The van der Waals surface area contributed by atoms with Crippen molar-refractivity contribution in [3.63, 3.8) is 0 Å². The molecule has 102 valence electrons. The monoisotopic (exact) mass is 350 g/mol. The normalized spacial score (nSPS) is 10.7. The van der Waals surface area contributed by atoms with Crippen molar-refractivity contribution < 1.29 is 8.42 Å². The highest BCUT2D eigenvalue weighted by atomic mass is 79.9. The van der Waals surface area contributed by atoms with Gasteiger partial charge in [0.25, 0.3) is 0 Å². The lowest BCUT2D eigenvalue weighted by Gasteiger charge is -1.99. The number of aromatic nitrogens is 1. The number of nitrogen functional groups attached to an aromatic ring is 1. The summed E-state index contributed by atoms with van der Waals surface area (Å²) >= 11 is 3.26. The van der Waals surface area contributed by atoms with Crippen LogP contribution in [0.1, 0.15) is 5.56 Å². The number of nitrogens with two attached hydrogens (primary N) is 1. The van der Waals surface area contributed by atoms with E-state index in [1.54, 1.807) is 42.6 Å². The molecule has 4 nitrogen and oxygen atoms in total. The van der Waals surface area contributed by atoms with E-state index in [1.807, 2.05) is 0 Å². The molecule has 0 spiro atoms. The molecule has 0 atom stereocenters. The van der Waals surface area contributed by atoms with Gasteiger partial charge in [-0.3, -0.25) is 0 Å². The van der Waals surface area contributed by atoms with Gasteiger partial charge < -0.3 is 5.73 Å². The molecule has 20 heavy (non-hydrogen) atoms. The molecule has 0 amide bonds. The van der Waals surface area contributed by atoms with E-state index in [2.05, 4.69) is 32.8 Å². The lowest BCUT2D eigenvalue weighted by Crippen LogP contribution is -2.04. The SMILES string of the molecule is Nc1ncc(Br)cc1C#CCS(=O)(=O)c1ccccc1. The van der Waals surface area contributed by atoms with E-state index in [4.69, 9.17) is 5.73 Å². The van der Waals surface area contributed by atoms with E-state index in [0.29, 0.717) is 5.56 Å².